The van der Waals surface area contributed by atoms with E-state index in [-0.39, 0.29) is 36.0 Å². The molecule has 0 saturated carbocycles. The summed E-state index contributed by atoms with van der Waals surface area (Å²) >= 11 is 1.21. The van der Waals surface area contributed by atoms with E-state index < -0.39 is 6.04 Å². The Morgan fingerprint density at radius 1 is 1.05 bits per heavy atom. The molecule has 0 unspecified atom stereocenters. The maximum atomic E-state index is 13.4. The van der Waals surface area contributed by atoms with E-state index in [9.17, 15) is 14.4 Å². The van der Waals surface area contributed by atoms with Gasteiger partial charge in [0.2, 0.25) is 11.8 Å². The summed E-state index contributed by atoms with van der Waals surface area (Å²) in [6, 6.07) is 16.8. The van der Waals surface area contributed by atoms with Crippen molar-refractivity contribution in [2.45, 2.75) is 44.2 Å². The molecule has 9 nitrogen and oxygen atoms in total. The van der Waals surface area contributed by atoms with E-state index in [1.165, 1.54) is 16.7 Å². The Bertz CT molecular complexity index is 1240. The number of nitrogens with one attached hydrogen (secondary N) is 2. The van der Waals surface area contributed by atoms with Gasteiger partial charge in [-0.2, -0.15) is 0 Å². The van der Waals surface area contributed by atoms with Crippen LogP contribution in [-0.4, -0.2) is 71.2 Å². The lowest BCUT2D eigenvalue weighted by Gasteiger charge is -2.25. The molecule has 3 heterocycles. The predicted molar refractivity (Wildman–Crippen MR) is 148 cm³/mol. The second-order valence-corrected chi connectivity index (χ2v) is 10.3. The van der Waals surface area contributed by atoms with Crippen LogP contribution in [0.3, 0.4) is 0 Å². The largest absolute Gasteiger partial charge is 0.376 e. The fourth-order valence-electron chi connectivity index (χ4n) is 4.65. The van der Waals surface area contributed by atoms with Gasteiger partial charge in [0, 0.05) is 31.7 Å². The van der Waals surface area contributed by atoms with Crippen molar-refractivity contribution in [2.75, 3.05) is 25.4 Å². The number of rotatable bonds is 10. The molecule has 0 spiro atoms. The molecule has 3 amide bonds. The maximum Gasteiger partial charge on any atom is 0.259 e. The Hall–Kier alpha value is -3.50. The molecule has 2 aromatic rings. The zero-order valence-electron chi connectivity index (χ0n) is 21.1. The molecule has 5 rings (SSSR count). The SMILES string of the molecule is O=C(CC[C@H]1N=C2c3ccccc3N=C(SCC(=O)NC[C@H]3CCCO3)N2C1=O)NCCc1ccccc1. The van der Waals surface area contributed by atoms with Gasteiger partial charge in [0.05, 0.1) is 17.5 Å². The van der Waals surface area contributed by atoms with Crippen LogP contribution in [0.15, 0.2) is 64.6 Å². The van der Waals surface area contributed by atoms with Crippen LogP contribution in [0.2, 0.25) is 0 Å². The van der Waals surface area contributed by atoms with Crippen molar-refractivity contribution < 1.29 is 19.1 Å². The zero-order chi connectivity index (χ0) is 26.3. The lowest BCUT2D eigenvalue weighted by Crippen LogP contribution is -2.42. The maximum absolute atomic E-state index is 13.4. The Balaban J connectivity index is 1.18. The molecule has 0 bridgehead atoms. The highest BCUT2D eigenvalue weighted by molar-refractivity contribution is 8.14. The van der Waals surface area contributed by atoms with Crippen molar-refractivity contribution in [1.29, 1.82) is 0 Å². The van der Waals surface area contributed by atoms with Gasteiger partial charge in [0.1, 0.15) is 11.9 Å². The molecule has 2 atom stereocenters. The molecule has 38 heavy (non-hydrogen) atoms. The van der Waals surface area contributed by atoms with E-state index in [4.69, 9.17) is 9.73 Å². The topological polar surface area (TPSA) is 112 Å². The highest BCUT2D eigenvalue weighted by atomic mass is 32.2. The summed E-state index contributed by atoms with van der Waals surface area (Å²) in [6.45, 7) is 1.76. The van der Waals surface area contributed by atoms with Crippen molar-refractivity contribution in [3.63, 3.8) is 0 Å². The Kier molecular flexibility index (Phi) is 8.50. The molecule has 2 N–H and O–H groups in total. The van der Waals surface area contributed by atoms with Crippen LogP contribution in [0, 0.1) is 0 Å². The van der Waals surface area contributed by atoms with Gasteiger partial charge in [0.25, 0.3) is 5.91 Å². The number of thioether (sulfide) groups is 1. The Morgan fingerprint density at radius 3 is 2.68 bits per heavy atom. The molecular weight excluding hydrogens is 502 g/mol. The molecular formula is C28H31N5O4S. The monoisotopic (exact) mass is 533 g/mol. The molecule has 0 radical (unpaired) electrons. The van der Waals surface area contributed by atoms with Crippen LogP contribution in [0.25, 0.3) is 0 Å². The number of hydrogen-bond donors (Lipinski definition) is 2. The molecule has 3 aliphatic heterocycles. The number of amides is 3. The number of carbonyl (C=O) groups is 3. The predicted octanol–water partition coefficient (Wildman–Crippen LogP) is 2.81. The first-order valence-corrected chi connectivity index (χ1v) is 14.0. The summed E-state index contributed by atoms with van der Waals surface area (Å²) in [5.41, 5.74) is 2.63. The van der Waals surface area contributed by atoms with Gasteiger partial charge in [-0.3, -0.25) is 19.4 Å². The summed E-state index contributed by atoms with van der Waals surface area (Å²) in [4.78, 5) is 49.2. The van der Waals surface area contributed by atoms with Crippen LogP contribution < -0.4 is 10.6 Å². The summed E-state index contributed by atoms with van der Waals surface area (Å²) in [5.74, 6) is 0.181. The van der Waals surface area contributed by atoms with E-state index in [1.807, 2.05) is 54.6 Å². The normalized spacial score (nSPS) is 19.9. The second-order valence-electron chi connectivity index (χ2n) is 9.41. The minimum Gasteiger partial charge on any atom is -0.376 e. The summed E-state index contributed by atoms with van der Waals surface area (Å²) in [7, 11) is 0. The first kappa shape index (κ1) is 26.1. The molecule has 0 aliphatic carbocycles. The third-order valence-corrected chi connectivity index (χ3v) is 7.59. The highest BCUT2D eigenvalue weighted by Crippen LogP contribution is 2.34. The van der Waals surface area contributed by atoms with Crippen molar-refractivity contribution in [1.82, 2.24) is 15.5 Å². The van der Waals surface area contributed by atoms with E-state index in [1.54, 1.807) is 0 Å². The highest BCUT2D eigenvalue weighted by Gasteiger charge is 2.41. The number of amidine groups is 2. The minimum absolute atomic E-state index is 0.0676. The lowest BCUT2D eigenvalue weighted by atomic mass is 10.1. The van der Waals surface area contributed by atoms with E-state index >= 15 is 0 Å². The van der Waals surface area contributed by atoms with Gasteiger partial charge in [-0.1, -0.05) is 54.2 Å². The fraction of sp³-hybridized carbons (Fsp3) is 0.393. The van der Waals surface area contributed by atoms with Crippen LogP contribution in [0.5, 0.6) is 0 Å². The van der Waals surface area contributed by atoms with Gasteiger partial charge in [-0.15, -0.1) is 0 Å². The molecule has 1 saturated heterocycles. The third kappa shape index (κ3) is 6.31. The van der Waals surface area contributed by atoms with E-state index in [0.717, 1.165) is 37.0 Å². The summed E-state index contributed by atoms with van der Waals surface area (Å²) in [5, 5.41) is 6.26. The van der Waals surface area contributed by atoms with Crippen LogP contribution in [0.4, 0.5) is 5.69 Å². The van der Waals surface area contributed by atoms with Gasteiger partial charge in [-0.25, -0.2) is 9.89 Å². The average molecular weight is 534 g/mol. The number of benzene rings is 2. The van der Waals surface area contributed by atoms with Gasteiger partial charge >= 0.3 is 0 Å². The number of nitrogens with zero attached hydrogens (tertiary/aromatic N) is 3. The average Bonchev–Trinajstić information content (AvgIpc) is 3.58. The van der Waals surface area contributed by atoms with Crippen molar-refractivity contribution in [3.05, 3.63) is 65.7 Å². The molecule has 3 aliphatic rings. The van der Waals surface area contributed by atoms with E-state index in [2.05, 4.69) is 15.6 Å². The standard InChI is InChI=1S/C28H31N5O4S/c34-24(29-15-14-19-7-2-1-3-8-19)13-12-23-27(36)33-26(31-23)21-10-4-5-11-22(21)32-28(33)38-18-25(35)30-17-20-9-6-16-37-20/h1-5,7-8,10-11,20,23H,6,9,12-18H2,(H,29,34)(H,30,35)/t20-,23-/m1/s1. The van der Waals surface area contributed by atoms with Gasteiger partial charge < -0.3 is 15.4 Å². The number of carbonyl (C=O) groups excluding carboxylic acids is 3. The Morgan fingerprint density at radius 2 is 1.87 bits per heavy atom. The van der Waals surface area contributed by atoms with E-state index in [0.29, 0.717) is 36.2 Å². The molecule has 10 heteroatoms. The Labute approximate surface area is 226 Å². The number of aliphatic imine (C=N–C) groups is 2. The van der Waals surface area contributed by atoms with Crippen molar-refractivity contribution in [2.24, 2.45) is 9.98 Å². The first-order valence-electron chi connectivity index (χ1n) is 13.0. The fourth-order valence-corrected chi connectivity index (χ4v) is 5.48. The van der Waals surface area contributed by atoms with Gasteiger partial charge in [0.15, 0.2) is 5.17 Å². The quantitative estimate of drug-likeness (QED) is 0.488. The first-order chi connectivity index (χ1) is 18.6. The summed E-state index contributed by atoms with van der Waals surface area (Å²) in [6.07, 6.45) is 3.28. The molecule has 0 aromatic heterocycles. The number of para-hydroxylation sites is 1. The summed E-state index contributed by atoms with van der Waals surface area (Å²) < 4.78 is 5.56. The zero-order valence-corrected chi connectivity index (χ0v) is 21.9. The third-order valence-electron chi connectivity index (χ3n) is 6.65. The van der Waals surface area contributed by atoms with Crippen molar-refractivity contribution in [3.8, 4) is 0 Å². The lowest BCUT2D eigenvalue weighted by molar-refractivity contribution is -0.125. The molecule has 198 valence electrons. The van der Waals surface area contributed by atoms with Crippen molar-refractivity contribution >= 4 is 46.2 Å². The molecule has 2 aromatic carbocycles. The van der Waals surface area contributed by atoms with Crippen LogP contribution in [0.1, 0.15) is 36.8 Å². The number of ether oxygens (including phenoxy) is 1. The minimum atomic E-state index is -0.671. The smallest absolute Gasteiger partial charge is 0.259 e. The number of fused-ring (bicyclic) bond motifs is 3. The number of hydrogen-bond acceptors (Lipinski definition) is 7. The van der Waals surface area contributed by atoms with Crippen LogP contribution >= 0.6 is 11.8 Å². The van der Waals surface area contributed by atoms with Crippen LogP contribution in [-0.2, 0) is 25.5 Å². The van der Waals surface area contributed by atoms with Gasteiger partial charge in [-0.05, 0) is 43.4 Å². The second kappa shape index (κ2) is 12.4. The molecule has 1 fully saturated rings.